The summed E-state index contributed by atoms with van der Waals surface area (Å²) in [7, 11) is 3.73. The molecule has 0 amide bonds. The lowest BCUT2D eigenvalue weighted by molar-refractivity contribution is -0.468. The van der Waals surface area contributed by atoms with Crippen molar-refractivity contribution >= 4 is 6.40 Å². The van der Waals surface area contributed by atoms with Crippen molar-refractivity contribution in [2.75, 3.05) is 20.7 Å². The van der Waals surface area contributed by atoms with Crippen molar-refractivity contribution < 1.29 is 13.7 Å². The number of nitrogens with zero attached hydrogens (tertiary/aromatic N) is 1. The number of halogens is 1. The minimum absolute atomic E-state index is 0.143. The van der Waals surface area contributed by atoms with Crippen LogP contribution in [0.1, 0.15) is 13.3 Å². The van der Waals surface area contributed by atoms with Gasteiger partial charge < -0.3 is 4.74 Å². The minimum Gasteiger partial charge on any atom is -0.445 e. The zero-order chi connectivity index (χ0) is 10.6. The summed E-state index contributed by atoms with van der Waals surface area (Å²) < 4.78 is 20.2. The molecule has 0 aromatic rings. The van der Waals surface area contributed by atoms with Gasteiger partial charge in [-0.2, -0.15) is 0 Å². The number of allylic oxidation sites excluding steroid dienone is 2. The number of hydrogen-bond donors (Lipinski definition) is 0. The predicted molar refractivity (Wildman–Crippen MR) is 55.2 cm³/mol. The van der Waals surface area contributed by atoms with Gasteiger partial charge in [-0.15, -0.1) is 0 Å². The lowest BCUT2D eigenvalue weighted by atomic mass is 9.98. The SMILES string of the molecule is C[C@@H]1C=C(COC=[N+](C)C)C(F)=CC1. The quantitative estimate of drug-likeness (QED) is 0.384. The Balaban J connectivity index is 2.51. The van der Waals surface area contributed by atoms with Crippen LogP contribution < -0.4 is 0 Å². The molecule has 1 aliphatic rings. The van der Waals surface area contributed by atoms with Gasteiger partial charge in [-0.05, 0) is 18.4 Å². The van der Waals surface area contributed by atoms with Gasteiger partial charge in [0.25, 0.3) is 0 Å². The van der Waals surface area contributed by atoms with Crippen LogP contribution >= 0.6 is 0 Å². The Morgan fingerprint density at radius 3 is 3.00 bits per heavy atom. The molecule has 0 radical (unpaired) electrons. The molecule has 0 bridgehead atoms. The van der Waals surface area contributed by atoms with Crippen LogP contribution in [0.25, 0.3) is 0 Å². The van der Waals surface area contributed by atoms with E-state index in [2.05, 4.69) is 6.92 Å². The zero-order valence-electron chi connectivity index (χ0n) is 8.96. The third kappa shape index (κ3) is 3.32. The summed E-state index contributed by atoms with van der Waals surface area (Å²) in [6.45, 7) is 2.38. The van der Waals surface area contributed by atoms with Gasteiger partial charge in [0.05, 0.1) is 0 Å². The van der Waals surface area contributed by atoms with E-state index >= 15 is 0 Å². The van der Waals surface area contributed by atoms with Gasteiger partial charge >= 0.3 is 6.40 Å². The fourth-order valence-electron chi connectivity index (χ4n) is 1.30. The van der Waals surface area contributed by atoms with Crippen molar-refractivity contribution in [1.29, 1.82) is 0 Å². The molecule has 0 aromatic carbocycles. The Morgan fingerprint density at radius 1 is 1.64 bits per heavy atom. The van der Waals surface area contributed by atoms with E-state index in [9.17, 15) is 4.39 Å². The van der Waals surface area contributed by atoms with Crippen molar-refractivity contribution in [3.05, 3.63) is 23.6 Å². The topological polar surface area (TPSA) is 12.2 Å². The molecule has 0 aliphatic heterocycles. The highest BCUT2D eigenvalue weighted by Gasteiger charge is 2.12. The normalized spacial score (nSPS) is 21.0. The van der Waals surface area contributed by atoms with E-state index in [1.807, 2.05) is 20.2 Å². The second kappa shape index (κ2) is 4.94. The van der Waals surface area contributed by atoms with Crippen LogP contribution in [0.5, 0.6) is 0 Å². The van der Waals surface area contributed by atoms with E-state index in [0.717, 1.165) is 6.42 Å². The Hall–Kier alpha value is -1.12. The Morgan fingerprint density at radius 2 is 2.36 bits per heavy atom. The number of ether oxygens (including phenoxy) is 1. The first-order chi connectivity index (χ1) is 6.59. The van der Waals surface area contributed by atoms with E-state index in [1.54, 1.807) is 17.1 Å². The molecule has 78 valence electrons. The summed E-state index contributed by atoms with van der Waals surface area (Å²) >= 11 is 0. The van der Waals surface area contributed by atoms with Crippen molar-refractivity contribution in [1.82, 2.24) is 0 Å². The van der Waals surface area contributed by atoms with Crippen LogP contribution in [-0.4, -0.2) is 31.7 Å². The van der Waals surface area contributed by atoms with Gasteiger partial charge in [0, 0.05) is 5.57 Å². The fourth-order valence-corrected chi connectivity index (χ4v) is 1.30. The second-order valence-electron chi connectivity index (χ2n) is 3.84. The molecule has 1 aliphatic carbocycles. The summed E-state index contributed by atoms with van der Waals surface area (Å²) in [6, 6.07) is 0. The first-order valence-electron chi connectivity index (χ1n) is 4.77. The summed E-state index contributed by atoms with van der Waals surface area (Å²) in [5.41, 5.74) is 0.654. The van der Waals surface area contributed by atoms with Crippen LogP contribution in [-0.2, 0) is 4.74 Å². The van der Waals surface area contributed by atoms with Crippen LogP contribution in [0.2, 0.25) is 0 Å². The Labute approximate surface area is 84.4 Å². The summed E-state index contributed by atoms with van der Waals surface area (Å²) in [5, 5.41) is 0. The number of hydrogen-bond acceptors (Lipinski definition) is 1. The summed E-state index contributed by atoms with van der Waals surface area (Å²) in [6.07, 6.45) is 5.91. The van der Waals surface area contributed by atoms with Crippen LogP contribution in [0, 0.1) is 5.92 Å². The molecule has 0 fully saturated rings. The van der Waals surface area contributed by atoms with Crippen LogP contribution in [0.3, 0.4) is 0 Å². The third-order valence-corrected chi connectivity index (χ3v) is 1.99. The van der Waals surface area contributed by atoms with E-state index in [4.69, 9.17) is 4.74 Å². The molecular formula is C11H17FNO+. The van der Waals surface area contributed by atoms with Crippen molar-refractivity contribution in [2.24, 2.45) is 5.92 Å². The predicted octanol–water partition coefficient (Wildman–Crippen LogP) is 2.12. The molecule has 14 heavy (non-hydrogen) atoms. The third-order valence-electron chi connectivity index (χ3n) is 1.99. The minimum atomic E-state index is -0.143. The average Bonchev–Trinajstić information content (AvgIpc) is 2.10. The van der Waals surface area contributed by atoms with Crippen molar-refractivity contribution in [3.63, 3.8) is 0 Å². The van der Waals surface area contributed by atoms with Gasteiger partial charge in [0.2, 0.25) is 0 Å². The highest BCUT2D eigenvalue weighted by Crippen LogP contribution is 2.23. The van der Waals surface area contributed by atoms with E-state index in [-0.39, 0.29) is 5.83 Å². The number of rotatable bonds is 3. The van der Waals surface area contributed by atoms with Crippen LogP contribution in [0.4, 0.5) is 4.39 Å². The maximum atomic E-state index is 13.2. The summed E-state index contributed by atoms with van der Waals surface area (Å²) in [4.78, 5) is 0. The fraction of sp³-hybridized carbons (Fsp3) is 0.545. The molecular weight excluding hydrogens is 181 g/mol. The lowest BCUT2D eigenvalue weighted by Crippen LogP contribution is -2.08. The van der Waals surface area contributed by atoms with Gasteiger partial charge in [0.1, 0.15) is 26.5 Å². The highest BCUT2D eigenvalue weighted by atomic mass is 19.1. The smallest absolute Gasteiger partial charge is 0.323 e. The first kappa shape index (κ1) is 11.0. The van der Waals surface area contributed by atoms with Crippen molar-refractivity contribution in [3.8, 4) is 0 Å². The van der Waals surface area contributed by atoms with Crippen LogP contribution in [0.15, 0.2) is 23.6 Å². The summed E-state index contributed by atoms with van der Waals surface area (Å²) in [5.74, 6) is 0.266. The molecule has 0 N–H and O–H groups in total. The van der Waals surface area contributed by atoms with E-state index in [0.29, 0.717) is 18.1 Å². The van der Waals surface area contributed by atoms with Gasteiger partial charge in [0.15, 0.2) is 0 Å². The van der Waals surface area contributed by atoms with E-state index < -0.39 is 0 Å². The molecule has 3 heteroatoms. The molecule has 1 rings (SSSR count). The van der Waals surface area contributed by atoms with E-state index in [1.165, 1.54) is 0 Å². The van der Waals surface area contributed by atoms with Gasteiger partial charge in [-0.3, -0.25) is 0 Å². The molecule has 0 saturated carbocycles. The second-order valence-corrected chi connectivity index (χ2v) is 3.84. The largest absolute Gasteiger partial charge is 0.445 e. The van der Waals surface area contributed by atoms with Gasteiger partial charge in [-0.25, -0.2) is 8.97 Å². The average molecular weight is 198 g/mol. The zero-order valence-corrected chi connectivity index (χ0v) is 8.96. The molecule has 0 aromatic heterocycles. The maximum Gasteiger partial charge on any atom is 0.323 e. The molecule has 2 nitrogen and oxygen atoms in total. The molecule has 1 atom stereocenters. The molecule has 0 unspecified atom stereocenters. The Bertz CT molecular complexity index is 288. The first-order valence-corrected chi connectivity index (χ1v) is 4.77. The standard InChI is InChI=1S/C11H17FNO/c1-9-4-5-11(12)10(6-9)7-14-8-13(2)3/h5-6,8-9H,4,7H2,1-3H3/q+1/t9-/m0/s1. The Kier molecular flexibility index (Phi) is 3.86. The molecule has 0 spiro atoms. The molecule has 0 saturated heterocycles. The molecule has 0 heterocycles. The highest BCUT2D eigenvalue weighted by molar-refractivity contribution is 5.41. The monoisotopic (exact) mass is 198 g/mol. The maximum absolute atomic E-state index is 13.2. The van der Waals surface area contributed by atoms with Gasteiger partial charge in [-0.1, -0.05) is 13.0 Å². The van der Waals surface area contributed by atoms with Crippen molar-refractivity contribution in [2.45, 2.75) is 13.3 Å². The lowest BCUT2D eigenvalue weighted by Gasteiger charge is -2.13.